The Morgan fingerprint density at radius 1 is 1.27 bits per heavy atom. The van der Waals surface area contributed by atoms with Crippen molar-refractivity contribution in [2.24, 2.45) is 0 Å². The van der Waals surface area contributed by atoms with E-state index in [0.717, 1.165) is 23.6 Å². The van der Waals surface area contributed by atoms with Crippen molar-refractivity contribution >= 4 is 11.6 Å². The molecule has 0 radical (unpaired) electrons. The number of rotatable bonds is 5. The van der Waals surface area contributed by atoms with Gasteiger partial charge in [-0.15, -0.1) is 0 Å². The summed E-state index contributed by atoms with van der Waals surface area (Å²) in [6, 6.07) is 9.21. The van der Waals surface area contributed by atoms with Crippen molar-refractivity contribution in [2.45, 2.75) is 45.1 Å². The monoisotopic (exact) mass is 352 g/mol. The largest absolute Gasteiger partial charge is 0.486 e. The Morgan fingerprint density at radius 3 is 2.65 bits per heavy atom. The fourth-order valence-electron chi connectivity index (χ4n) is 2.56. The minimum atomic E-state index is -0.132. The maximum absolute atomic E-state index is 12.2. The first-order valence-corrected chi connectivity index (χ1v) is 8.76. The molecule has 136 valence electrons. The summed E-state index contributed by atoms with van der Waals surface area (Å²) in [5.74, 6) is 1.42. The number of hydrogen-bond donors (Lipinski definition) is 1. The van der Waals surface area contributed by atoms with Crippen LogP contribution in [0.5, 0.6) is 5.75 Å². The Balaban J connectivity index is 1.53. The van der Waals surface area contributed by atoms with Gasteiger partial charge < -0.3 is 14.6 Å². The summed E-state index contributed by atoms with van der Waals surface area (Å²) in [4.78, 5) is 12.2. The van der Waals surface area contributed by atoms with Crippen molar-refractivity contribution in [3.8, 4) is 5.75 Å². The molecule has 5 heteroatoms. The van der Waals surface area contributed by atoms with E-state index >= 15 is 0 Å². The van der Waals surface area contributed by atoms with E-state index in [9.17, 15) is 4.79 Å². The molecule has 2 aromatic rings. The van der Waals surface area contributed by atoms with Crippen LogP contribution < -0.4 is 10.1 Å². The molecule has 1 heterocycles. The smallest absolute Gasteiger partial charge is 0.230 e. The summed E-state index contributed by atoms with van der Waals surface area (Å²) >= 11 is 0. The van der Waals surface area contributed by atoms with E-state index in [2.05, 4.69) is 16.5 Å². The van der Waals surface area contributed by atoms with Crippen molar-refractivity contribution in [1.82, 2.24) is 5.16 Å². The zero-order valence-corrected chi connectivity index (χ0v) is 15.4. The number of carbonyl (C=O) groups excluding carboxylic acids is 1. The molecule has 5 nitrogen and oxygen atoms in total. The van der Waals surface area contributed by atoms with E-state index in [4.69, 9.17) is 9.26 Å². The molecule has 26 heavy (non-hydrogen) atoms. The first kappa shape index (κ1) is 18.0. The second-order valence-electron chi connectivity index (χ2n) is 7.39. The number of aromatic nitrogens is 1. The van der Waals surface area contributed by atoms with Crippen LogP contribution in [0.4, 0.5) is 5.69 Å². The van der Waals surface area contributed by atoms with Gasteiger partial charge in [-0.3, -0.25) is 4.79 Å². The maximum Gasteiger partial charge on any atom is 0.230 e. The van der Waals surface area contributed by atoms with E-state index in [1.54, 1.807) is 0 Å². The summed E-state index contributed by atoms with van der Waals surface area (Å²) in [7, 11) is 0. The number of carbonyl (C=O) groups is 1. The van der Waals surface area contributed by atoms with E-state index in [1.165, 1.54) is 0 Å². The van der Waals surface area contributed by atoms with Crippen molar-refractivity contribution in [3.63, 3.8) is 0 Å². The van der Waals surface area contributed by atoms with Gasteiger partial charge in [0.2, 0.25) is 5.91 Å². The lowest BCUT2D eigenvalue weighted by Gasteiger charge is -2.16. The number of nitrogens with zero attached hydrogens (tertiary/aromatic N) is 1. The molecule has 1 atom stereocenters. The molecule has 1 amide bonds. The van der Waals surface area contributed by atoms with Crippen LogP contribution in [0.25, 0.3) is 0 Å². The number of hydrogen-bond acceptors (Lipinski definition) is 4. The summed E-state index contributed by atoms with van der Waals surface area (Å²) in [5, 5.41) is 6.84. The minimum absolute atomic E-state index is 0.0598. The third kappa shape index (κ3) is 4.85. The molecule has 1 aromatic carbocycles. The topological polar surface area (TPSA) is 64.4 Å². The quantitative estimate of drug-likeness (QED) is 0.865. The van der Waals surface area contributed by atoms with Gasteiger partial charge in [-0.1, -0.05) is 44.2 Å². The molecular formula is C21H24N2O3. The lowest BCUT2D eigenvalue weighted by molar-refractivity contribution is -0.115. The molecule has 1 aliphatic rings. The fraction of sp³-hybridized carbons (Fsp3) is 0.333. The van der Waals surface area contributed by atoms with Gasteiger partial charge >= 0.3 is 0 Å². The third-order valence-electron chi connectivity index (χ3n) is 4.01. The van der Waals surface area contributed by atoms with Crippen LogP contribution in [-0.2, 0) is 16.6 Å². The molecule has 0 saturated carbocycles. The van der Waals surface area contributed by atoms with Gasteiger partial charge in [0.25, 0.3) is 0 Å². The van der Waals surface area contributed by atoms with Crippen LogP contribution in [0.2, 0.25) is 0 Å². The molecule has 0 fully saturated rings. The van der Waals surface area contributed by atoms with Gasteiger partial charge in [0.1, 0.15) is 17.6 Å². The number of benzene rings is 1. The van der Waals surface area contributed by atoms with Crippen LogP contribution in [0, 0.1) is 0 Å². The molecule has 1 aliphatic carbocycles. The van der Waals surface area contributed by atoms with E-state index < -0.39 is 0 Å². The van der Waals surface area contributed by atoms with Crippen molar-refractivity contribution < 1.29 is 14.1 Å². The molecule has 0 bridgehead atoms. The second kappa shape index (κ2) is 7.60. The van der Waals surface area contributed by atoms with Gasteiger partial charge in [-0.05, 0) is 30.3 Å². The Labute approximate surface area is 153 Å². The van der Waals surface area contributed by atoms with Crippen LogP contribution >= 0.6 is 0 Å². The predicted octanol–water partition coefficient (Wildman–Crippen LogP) is 4.42. The van der Waals surface area contributed by atoms with Gasteiger partial charge in [-0.25, -0.2) is 0 Å². The molecule has 1 aromatic heterocycles. The average Bonchev–Trinajstić information content (AvgIpc) is 3.06. The Morgan fingerprint density at radius 2 is 2.04 bits per heavy atom. The highest BCUT2D eigenvalue weighted by Crippen LogP contribution is 2.23. The zero-order valence-electron chi connectivity index (χ0n) is 15.4. The fourth-order valence-corrected chi connectivity index (χ4v) is 2.56. The molecule has 1 N–H and O–H groups in total. The van der Waals surface area contributed by atoms with Crippen LogP contribution in [0.1, 0.15) is 38.6 Å². The van der Waals surface area contributed by atoms with Crippen molar-refractivity contribution in [2.75, 3.05) is 5.32 Å². The highest BCUT2D eigenvalue weighted by atomic mass is 16.5. The van der Waals surface area contributed by atoms with E-state index in [1.807, 2.05) is 69.3 Å². The van der Waals surface area contributed by atoms with Crippen LogP contribution in [0.3, 0.4) is 0 Å². The summed E-state index contributed by atoms with van der Waals surface area (Å²) in [6.45, 7) is 6.13. The van der Waals surface area contributed by atoms with E-state index in [-0.39, 0.29) is 23.8 Å². The Kier molecular flexibility index (Phi) is 5.26. The first-order chi connectivity index (χ1) is 12.4. The Bertz CT molecular complexity index is 811. The molecule has 1 unspecified atom stereocenters. The maximum atomic E-state index is 12.2. The van der Waals surface area contributed by atoms with Gasteiger partial charge in [0.15, 0.2) is 0 Å². The number of nitrogens with one attached hydrogen (secondary N) is 1. The molecule has 0 spiro atoms. The standard InChI is InChI=1S/C21H24N2O3/c1-21(2,3)19-13-16(23-26-19)14-20(24)22-15-9-11-18(12-10-15)25-17-7-5-4-6-8-17/h4-7,9-13,17H,8,14H2,1-3H3,(H,22,24). The molecule has 3 rings (SSSR count). The van der Waals surface area contributed by atoms with Crippen LogP contribution in [0.15, 0.2) is 59.2 Å². The molecule has 0 saturated heterocycles. The van der Waals surface area contributed by atoms with Crippen LogP contribution in [-0.4, -0.2) is 17.2 Å². The number of allylic oxidation sites excluding steroid dienone is 2. The Hall–Kier alpha value is -2.82. The summed E-state index contributed by atoms with van der Waals surface area (Å²) in [5.41, 5.74) is 1.23. The van der Waals surface area contributed by atoms with E-state index in [0.29, 0.717) is 5.69 Å². The van der Waals surface area contributed by atoms with Gasteiger partial charge in [0.05, 0.1) is 12.1 Å². The predicted molar refractivity (Wildman–Crippen MR) is 101 cm³/mol. The highest BCUT2D eigenvalue weighted by Gasteiger charge is 2.20. The highest BCUT2D eigenvalue weighted by molar-refractivity contribution is 5.92. The minimum Gasteiger partial charge on any atom is -0.486 e. The van der Waals surface area contributed by atoms with Gasteiger partial charge in [0, 0.05) is 23.6 Å². The zero-order chi connectivity index (χ0) is 18.6. The molecule has 0 aliphatic heterocycles. The SMILES string of the molecule is CC(C)(C)c1cc(CC(=O)Nc2ccc(OC3C=CC=CC3)cc2)no1. The second-order valence-corrected chi connectivity index (χ2v) is 7.39. The van der Waals surface area contributed by atoms with Crippen molar-refractivity contribution in [1.29, 1.82) is 0 Å². The summed E-state index contributed by atoms with van der Waals surface area (Å²) in [6.07, 6.45) is 9.20. The third-order valence-corrected chi connectivity index (χ3v) is 4.01. The first-order valence-electron chi connectivity index (χ1n) is 8.76. The number of anilines is 1. The van der Waals surface area contributed by atoms with Gasteiger partial charge in [-0.2, -0.15) is 0 Å². The molecular weight excluding hydrogens is 328 g/mol. The average molecular weight is 352 g/mol. The lowest BCUT2D eigenvalue weighted by atomic mass is 9.93. The number of amides is 1. The normalized spacial score (nSPS) is 16.5. The lowest BCUT2D eigenvalue weighted by Crippen LogP contribution is -2.15. The number of ether oxygens (including phenoxy) is 1. The van der Waals surface area contributed by atoms with Crippen molar-refractivity contribution in [3.05, 3.63) is 66.1 Å². The summed E-state index contributed by atoms with van der Waals surface area (Å²) < 4.78 is 11.2.